The van der Waals surface area contributed by atoms with Gasteiger partial charge in [0.25, 0.3) is 0 Å². The molecule has 0 aliphatic heterocycles. The van der Waals surface area contributed by atoms with E-state index in [9.17, 15) is 9.59 Å². The van der Waals surface area contributed by atoms with E-state index < -0.39 is 11.4 Å². The van der Waals surface area contributed by atoms with Gasteiger partial charge in [-0.1, -0.05) is 20.3 Å². The number of carbonyl (C=O) groups excluding carboxylic acids is 1. The highest BCUT2D eigenvalue weighted by atomic mass is 16.4. The standard InChI is InChI=1S/C12H23NO3/c1-6-8(2)9(3)13-10(14)7-12(4,5)11(15)16/h8-9H,6-7H2,1-5H3,(H,13,14)(H,15,16). The van der Waals surface area contributed by atoms with Crippen molar-refractivity contribution in [2.24, 2.45) is 11.3 Å². The minimum absolute atomic E-state index is 0.0170. The summed E-state index contributed by atoms with van der Waals surface area (Å²) in [6, 6.07) is 0.0853. The smallest absolute Gasteiger partial charge is 0.309 e. The Bertz CT molecular complexity index is 261. The van der Waals surface area contributed by atoms with E-state index in [0.29, 0.717) is 5.92 Å². The Morgan fingerprint density at radius 2 is 1.81 bits per heavy atom. The topological polar surface area (TPSA) is 66.4 Å². The SMILES string of the molecule is CCC(C)C(C)NC(=O)CC(C)(C)C(=O)O. The molecular weight excluding hydrogens is 206 g/mol. The highest BCUT2D eigenvalue weighted by Gasteiger charge is 2.30. The van der Waals surface area contributed by atoms with Gasteiger partial charge in [0.1, 0.15) is 0 Å². The molecular formula is C12H23NO3. The molecule has 0 aromatic heterocycles. The molecule has 0 heterocycles. The first-order valence-corrected chi connectivity index (χ1v) is 5.73. The van der Waals surface area contributed by atoms with Crippen molar-refractivity contribution >= 4 is 11.9 Å². The summed E-state index contributed by atoms with van der Waals surface area (Å²) in [5.74, 6) is -0.740. The predicted molar refractivity (Wildman–Crippen MR) is 63.1 cm³/mol. The zero-order chi connectivity index (χ0) is 12.9. The maximum Gasteiger partial charge on any atom is 0.309 e. The third-order valence-corrected chi connectivity index (χ3v) is 3.07. The van der Waals surface area contributed by atoms with Gasteiger partial charge in [-0.25, -0.2) is 0 Å². The summed E-state index contributed by atoms with van der Waals surface area (Å²) in [5, 5.41) is 11.7. The number of carboxylic acid groups (broad SMARTS) is 1. The first-order valence-electron chi connectivity index (χ1n) is 5.73. The Morgan fingerprint density at radius 3 is 2.19 bits per heavy atom. The Kier molecular flexibility index (Phi) is 5.48. The Hall–Kier alpha value is -1.06. The summed E-state index contributed by atoms with van der Waals surface area (Å²) in [6.45, 7) is 9.19. The number of hydrogen-bond acceptors (Lipinski definition) is 2. The first-order chi connectivity index (χ1) is 7.20. The third-order valence-electron chi connectivity index (χ3n) is 3.07. The number of amides is 1. The molecule has 0 spiro atoms. The number of hydrogen-bond donors (Lipinski definition) is 2. The van der Waals surface area contributed by atoms with E-state index in [1.165, 1.54) is 0 Å². The maximum absolute atomic E-state index is 11.6. The van der Waals surface area contributed by atoms with Crippen molar-refractivity contribution in [1.82, 2.24) is 5.32 Å². The molecule has 2 unspecified atom stereocenters. The molecule has 0 fully saturated rings. The fraction of sp³-hybridized carbons (Fsp3) is 0.833. The second kappa shape index (κ2) is 5.87. The average Bonchev–Trinajstić information content (AvgIpc) is 2.14. The second-order valence-electron chi connectivity index (χ2n) is 5.11. The van der Waals surface area contributed by atoms with E-state index in [1.807, 2.05) is 6.92 Å². The molecule has 4 nitrogen and oxygen atoms in total. The fourth-order valence-electron chi connectivity index (χ4n) is 1.28. The summed E-state index contributed by atoms with van der Waals surface area (Å²) in [7, 11) is 0. The normalized spacial score (nSPS) is 15.3. The minimum Gasteiger partial charge on any atom is -0.481 e. The van der Waals surface area contributed by atoms with E-state index in [4.69, 9.17) is 5.11 Å². The molecule has 0 aromatic rings. The van der Waals surface area contributed by atoms with Crippen LogP contribution < -0.4 is 5.32 Å². The molecule has 2 N–H and O–H groups in total. The van der Waals surface area contributed by atoms with Crippen LogP contribution in [0.1, 0.15) is 47.5 Å². The van der Waals surface area contributed by atoms with E-state index in [1.54, 1.807) is 13.8 Å². The average molecular weight is 229 g/mol. The van der Waals surface area contributed by atoms with E-state index in [-0.39, 0.29) is 18.4 Å². The van der Waals surface area contributed by atoms with E-state index >= 15 is 0 Å². The van der Waals surface area contributed by atoms with Gasteiger partial charge >= 0.3 is 5.97 Å². The van der Waals surface area contributed by atoms with Crippen LogP contribution in [0.2, 0.25) is 0 Å². The van der Waals surface area contributed by atoms with E-state index in [2.05, 4.69) is 19.2 Å². The van der Waals surface area contributed by atoms with Crippen LogP contribution in [0.3, 0.4) is 0 Å². The van der Waals surface area contributed by atoms with E-state index in [0.717, 1.165) is 6.42 Å². The van der Waals surface area contributed by atoms with Crippen LogP contribution in [-0.4, -0.2) is 23.0 Å². The largest absolute Gasteiger partial charge is 0.481 e. The lowest BCUT2D eigenvalue weighted by Crippen LogP contribution is -2.40. The quantitative estimate of drug-likeness (QED) is 0.732. The highest BCUT2D eigenvalue weighted by Crippen LogP contribution is 2.20. The third kappa shape index (κ3) is 4.64. The summed E-state index contributed by atoms with van der Waals surface area (Å²) >= 11 is 0. The monoisotopic (exact) mass is 229 g/mol. The van der Waals surface area contributed by atoms with Gasteiger partial charge in [0.2, 0.25) is 5.91 Å². The fourth-order valence-corrected chi connectivity index (χ4v) is 1.28. The number of nitrogens with one attached hydrogen (secondary N) is 1. The predicted octanol–water partition coefficient (Wildman–Crippen LogP) is 2.04. The Balaban J connectivity index is 4.24. The zero-order valence-electron chi connectivity index (χ0n) is 10.8. The molecule has 4 heteroatoms. The molecule has 0 aromatic carbocycles. The zero-order valence-corrected chi connectivity index (χ0v) is 10.8. The van der Waals surface area contributed by atoms with Crippen LogP contribution in [0.25, 0.3) is 0 Å². The van der Waals surface area contributed by atoms with Crippen molar-refractivity contribution in [3.63, 3.8) is 0 Å². The highest BCUT2D eigenvalue weighted by molar-refractivity contribution is 5.84. The van der Waals surface area contributed by atoms with Crippen molar-refractivity contribution in [1.29, 1.82) is 0 Å². The van der Waals surface area contributed by atoms with Crippen LogP contribution in [0.5, 0.6) is 0 Å². The van der Waals surface area contributed by atoms with Crippen LogP contribution in [0, 0.1) is 11.3 Å². The summed E-state index contributed by atoms with van der Waals surface area (Å²) in [4.78, 5) is 22.5. The summed E-state index contributed by atoms with van der Waals surface area (Å²) in [5.41, 5.74) is -1.00. The van der Waals surface area contributed by atoms with Crippen LogP contribution in [0.15, 0.2) is 0 Å². The Labute approximate surface area is 97.4 Å². The van der Waals surface area contributed by atoms with Gasteiger partial charge in [-0.3, -0.25) is 9.59 Å². The van der Waals surface area contributed by atoms with Crippen LogP contribution in [0.4, 0.5) is 0 Å². The number of carbonyl (C=O) groups is 2. The van der Waals surface area contributed by atoms with Gasteiger partial charge in [0.05, 0.1) is 5.41 Å². The lowest BCUT2D eigenvalue weighted by Gasteiger charge is -2.23. The second-order valence-corrected chi connectivity index (χ2v) is 5.11. The van der Waals surface area contributed by atoms with Crippen molar-refractivity contribution in [2.75, 3.05) is 0 Å². The molecule has 0 saturated heterocycles. The Morgan fingerprint density at radius 1 is 1.31 bits per heavy atom. The van der Waals surface area contributed by atoms with Crippen molar-refractivity contribution in [3.05, 3.63) is 0 Å². The molecule has 0 bridgehead atoms. The molecule has 0 saturated carbocycles. The van der Waals surface area contributed by atoms with Crippen LogP contribution >= 0.6 is 0 Å². The number of carboxylic acids is 1. The first kappa shape index (κ1) is 14.9. The van der Waals surface area contributed by atoms with Crippen molar-refractivity contribution in [2.45, 2.75) is 53.5 Å². The summed E-state index contributed by atoms with van der Waals surface area (Å²) < 4.78 is 0. The van der Waals surface area contributed by atoms with Gasteiger partial charge in [-0.2, -0.15) is 0 Å². The van der Waals surface area contributed by atoms with Crippen molar-refractivity contribution < 1.29 is 14.7 Å². The van der Waals surface area contributed by atoms with Crippen molar-refractivity contribution in [3.8, 4) is 0 Å². The molecule has 16 heavy (non-hydrogen) atoms. The summed E-state index contributed by atoms with van der Waals surface area (Å²) in [6.07, 6.45) is 1.01. The lowest BCUT2D eigenvalue weighted by molar-refractivity contribution is -0.149. The molecule has 0 aliphatic rings. The minimum atomic E-state index is -1.00. The van der Waals surface area contributed by atoms with Crippen LogP contribution in [-0.2, 0) is 9.59 Å². The molecule has 0 aliphatic carbocycles. The van der Waals surface area contributed by atoms with Gasteiger partial charge in [0, 0.05) is 12.5 Å². The number of rotatable bonds is 6. The number of aliphatic carboxylic acids is 1. The van der Waals surface area contributed by atoms with Gasteiger partial charge in [-0.05, 0) is 26.7 Å². The maximum atomic E-state index is 11.6. The molecule has 2 atom stereocenters. The lowest BCUT2D eigenvalue weighted by atomic mass is 9.89. The van der Waals surface area contributed by atoms with Gasteiger partial charge in [-0.15, -0.1) is 0 Å². The molecule has 0 rings (SSSR count). The van der Waals surface area contributed by atoms with Gasteiger partial charge < -0.3 is 10.4 Å². The van der Waals surface area contributed by atoms with Gasteiger partial charge in [0.15, 0.2) is 0 Å². The molecule has 0 radical (unpaired) electrons. The molecule has 1 amide bonds. The molecule has 94 valence electrons.